The number of rotatable bonds is 3. The van der Waals surface area contributed by atoms with Crippen LogP contribution in [0, 0.1) is 11.8 Å². The average molecular weight is 437 g/mol. The van der Waals surface area contributed by atoms with Gasteiger partial charge < -0.3 is 15.0 Å². The van der Waals surface area contributed by atoms with Crippen LogP contribution in [0.2, 0.25) is 0 Å². The summed E-state index contributed by atoms with van der Waals surface area (Å²) in [7, 11) is 0. The number of hydrogen-bond acceptors (Lipinski definition) is 4. The number of ether oxygens (including phenoxy) is 1. The van der Waals surface area contributed by atoms with E-state index >= 15 is 0 Å². The van der Waals surface area contributed by atoms with Gasteiger partial charge in [-0.15, -0.1) is 11.3 Å². The van der Waals surface area contributed by atoms with Crippen molar-refractivity contribution >= 4 is 28.2 Å². The van der Waals surface area contributed by atoms with E-state index in [-0.39, 0.29) is 17.9 Å². The first-order valence-electron chi connectivity index (χ1n) is 11.1. The Balaban J connectivity index is 1.30. The summed E-state index contributed by atoms with van der Waals surface area (Å²) in [4.78, 5) is 28.9. The predicted molar refractivity (Wildman–Crippen MR) is 108 cm³/mol. The molecule has 8 heteroatoms. The lowest BCUT2D eigenvalue weighted by Gasteiger charge is -2.55. The molecule has 7 rings (SSSR count). The number of carbonyl (C=O) groups excluding carboxylic acids is 2. The molecule has 162 valence electrons. The summed E-state index contributed by atoms with van der Waals surface area (Å²) in [5, 5.41) is 3.58. The van der Waals surface area contributed by atoms with Crippen LogP contribution in [0.3, 0.4) is 0 Å². The molecule has 4 bridgehead atoms. The fourth-order valence-corrected chi connectivity index (χ4v) is 7.79. The number of nitrogens with zero attached hydrogens (tertiary/aromatic N) is 1. The van der Waals surface area contributed by atoms with E-state index in [4.69, 9.17) is 4.74 Å². The normalized spacial score (nSPS) is 35.7. The number of carbonyl (C=O) groups is 2. The molecule has 0 spiro atoms. The summed E-state index contributed by atoms with van der Waals surface area (Å²) in [6.45, 7) is -1.08. The number of nitrogens with one attached hydrogen (secondary N) is 1. The van der Waals surface area contributed by atoms with Crippen LogP contribution >= 0.6 is 11.3 Å². The van der Waals surface area contributed by atoms with Gasteiger partial charge in [0.1, 0.15) is 10.6 Å². The third-order valence-corrected chi connectivity index (χ3v) is 8.85. The lowest BCUT2D eigenvalue weighted by Crippen LogP contribution is -2.60. The molecule has 2 amide bonds. The second kappa shape index (κ2) is 6.48. The fourth-order valence-electron chi connectivity index (χ4n) is 6.51. The van der Waals surface area contributed by atoms with E-state index < -0.39 is 24.6 Å². The highest BCUT2D eigenvalue weighted by Crippen LogP contribution is 2.53. The molecule has 5 nitrogen and oxygen atoms in total. The van der Waals surface area contributed by atoms with Gasteiger partial charge in [0.15, 0.2) is 0 Å². The maximum atomic E-state index is 13.4. The van der Waals surface area contributed by atoms with Crippen molar-refractivity contribution in [2.24, 2.45) is 11.8 Å². The minimum atomic E-state index is -2.80. The van der Waals surface area contributed by atoms with Crippen molar-refractivity contribution in [2.45, 2.75) is 75.4 Å². The quantitative estimate of drug-likeness (QED) is 0.779. The van der Waals surface area contributed by atoms with Gasteiger partial charge in [-0.3, -0.25) is 9.59 Å². The van der Waals surface area contributed by atoms with Crippen molar-refractivity contribution in [3.63, 3.8) is 0 Å². The molecule has 3 saturated heterocycles. The zero-order valence-electron chi connectivity index (χ0n) is 16.8. The molecule has 1 N–H and O–H groups in total. The van der Waals surface area contributed by atoms with Crippen molar-refractivity contribution in [1.29, 1.82) is 0 Å². The Morgan fingerprint density at radius 1 is 1.07 bits per heavy atom. The lowest BCUT2D eigenvalue weighted by molar-refractivity contribution is -0.215. The van der Waals surface area contributed by atoms with Crippen LogP contribution in [0.1, 0.15) is 65.7 Å². The van der Waals surface area contributed by atoms with Gasteiger partial charge in [-0.1, -0.05) is 0 Å². The van der Waals surface area contributed by atoms with E-state index in [1.165, 1.54) is 22.7 Å². The predicted octanol–water partition coefficient (Wildman–Crippen LogP) is 4.00. The maximum Gasteiger partial charge on any atom is 0.282 e. The molecule has 6 aliphatic rings. The largest absolute Gasteiger partial charge is 0.362 e. The number of aryl methyl sites for hydroxylation is 1. The minimum Gasteiger partial charge on any atom is -0.362 e. The van der Waals surface area contributed by atoms with E-state index in [1.807, 2.05) is 0 Å². The summed E-state index contributed by atoms with van der Waals surface area (Å²) >= 11 is 1.45. The van der Waals surface area contributed by atoms with Gasteiger partial charge in [-0.25, -0.2) is 8.78 Å². The van der Waals surface area contributed by atoms with Crippen LogP contribution in [0.4, 0.5) is 13.8 Å². The summed E-state index contributed by atoms with van der Waals surface area (Å²) in [5.41, 5.74) is 0.611. The van der Waals surface area contributed by atoms with E-state index in [2.05, 4.69) is 5.32 Å². The second-order valence-corrected chi connectivity index (χ2v) is 11.1. The molecule has 3 aliphatic heterocycles. The molecular formula is C22H26F2N2O3S. The highest BCUT2D eigenvalue weighted by atomic mass is 32.1. The number of hydrogen-bond donors (Lipinski definition) is 1. The number of thiophene rings is 1. The summed E-state index contributed by atoms with van der Waals surface area (Å²) < 4.78 is 33.0. The van der Waals surface area contributed by atoms with Crippen LogP contribution < -0.4 is 5.32 Å². The first-order valence-corrected chi connectivity index (χ1v) is 11.9. The van der Waals surface area contributed by atoms with Gasteiger partial charge in [0, 0.05) is 4.88 Å². The van der Waals surface area contributed by atoms with Gasteiger partial charge in [0.05, 0.1) is 24.8 Å². The van der Waals surface area contributed by atoms with Gasteiger partial charge in [0.2, 0.25) is 0 Å². The van der Waals surface area contributed by atoms with Crippen LogP contribution in [-0.4, -0.2) is 47.4 Å². The lowest BCUT2D eigenvalue weighted by atomic mass is 9.62. The molecule has 5 fully saturated rings. The van der Waals surface area contributed by atoms with Crippen LogP contribution in [0.15, 0.2) is 0 Å². The summed E-state index contributed by atoms with van der Waals surface area (Å²) in [6.07, 6.45) is 8.62. The van der Waals surface area contributed by atoms with E-state index in [9.17, 15) is 18.4 Å². The SMILES string of the molecule is O=C(c1c(NC(=O)C23CC4CC(CC(C4)O2)C3)sc2c1CCCC2)N1CC(F)(F)C1. The Labute approximate surface area is 178 Å². The number of amides is 2. The maximum absolute atomic E-state index is 13.4. The van der Waals surface area contributed by atoms with Gasteiger partial charge >= 0.3 is 0 Å². The minimum absolute atomic E-state index is 0.150. The Morgan fingerprint density at radius 3 is 2.43 bits per heavy atom. The van der Waals surface area contributed by atoms with E-state index in [0.717, 1.165) is 61.8 Å². The highest BCUT2D eigenvalue weighted by molar-refractivity contribution is 7.17. The molecular weight excluding hydrogens is 410 g/mol. The second-order valence-electron chi connectivity index (χ2n) is 9.97. The van der Waals surface area contributed by atoms with Crippen molar-refractivity contribution < 1.29 is 23.1 Å². The highest BCUT2D eigenvalue weighted by Gasteiger charge is 2.56. The van der Waals surface area contributed by atoms with E-state index in [0.29, 0.717) is 22.4 Å². The number of halogens is 2. The summed E-state index contributed by atoms with van der Waals surface area (Å²) in [6, 6.07) is 0. The van der Waals surface area contributed by atoms with Crippen molar-refractivity contribution in [3.8, 4) is 0 Å². The van der Waals surface area contributed by atoms with Crippen molar-refractivity contribution in [2.75, 3.05) is 18.4 Å². The molecule has 2 unspecified atom stereocenters. The Bertz CT molecular complexity index is 884. The Kier molecular flexibility index (Phi) is 4.14. The molecule has 1 aromatic rings. The molecule has 2 atom stereocenters. The molecule has 30 heavy (non-hydrogen) atoms. The van der Waals surface area contributed by atoms with Gasteiger partial charge in [0.25, 0.3) is 17.7 Å². The molecule has 0 aromatic carbocycles. The third-order valence-electron chi connectivity index (χ3n) is 7.65. The topological polar surface area (TPSA) is 58.6 Å². The third kappa shape index (κ3) is 2.93. The smallest absolute Gasteiger partial charge is 0.282 e. The molecule has 2 saturated carbocycles. The van der Waals surface area contributed by atoms with Crippen molar-refractivity contribution in [3.05, 3.63) is 16.0 Å². The zero-order chi connectivity index (χ0) is 20.7. The molecule has 0 radical (unpaired) electrons. The monoisotopic (exact) mass is 436 g/mol. The molecule has 3 aliphatic carbocycles. The number of anilines is 1. The molecule has 1 aromatic heterocycles. The molecule has 4 heterocycles. The van der Waals surface area contributed by atoms with Crippen LogP contribution in [-0.2, 0) is 22.4 Å². The van der Waals surface area contributed by atoms with Crippen LogP contribution in [0.25, 0.3) is 0 Å². The van der Waals surface area contributed by atoms with Crippen LogP contribution in [0.5, 0.6) is 0 Å². The van der Waals surface area contributed by atoms with Gasteiger partial charge in [-0.2, -0.15) is 0 Å². The number of alkyl halides is 2. The standard InChI is InChI=1S/C22H26F2N2O3S/c23-22(24)10-26(11-22)19(27)17-15-3-1-2-4-16(15)30-18(17)25-20(28)21-8-12-5-13(9-21)7-14(6-12)29-21/h12-14H,1-11H2,(H,25,28). The first-order chi connectivity index (χ1) is 14.3. The Morgan fingerprint density at radius 2 is 1.77 bits per heavy atom. The average Bonchev–Trinajstić information content (AvgIpc) is 3.02. The zero-order valence-corrected chi connectivity index (χ0v) is 17.7. The summed E-state index contributed by atoms with van der Waals surface area (Å²) in [5.74, 6) is -2.24. The number of fused-ring (bicyclic) bond motifs is 1. The van der Waals surface area contributed by atoms with E-state index in [1.54, 1.807) is 0 Å². The van der Waals surface area contributed by atoms with Crippen molar-refractivity contribution in [1.82, 2.24) is 4.90 Å². The number of likely N-dealkylation sites (tertiary alicyclic amines) is 1. The van der Waals surface area contributed by atoms with Gasteiger partial charge in [-0.05, 0) is 75.2 Å². The fraction of sp³-hybridized carbons (Fsp3) is 0.727. The first kappa shape index (κ1) is 19.2. The Hall–Kier alpha value is -1.54.